The molecule has 0 radical (unpaired) electrons. The van der Waals surface area contributed by atoms with Gasteiger partial charge in [-0.1, -0.05) is 34.1 Å². The molecule has 0 saturated carbocycles. The number of carbonyl (C=O) groups is 1. The lowest BCUT2D eigenvalue weighted by Crippen LogP contribution is -2.02. The highest BCUT2D eigenvalue weighted by atomic mass is 79.9. The van der Waals surface area contributed by atoms with Gasteiger partial charge in [0.25, 0.3) is 0 Å². The molecule has 2 rings (SSSR count). The molecular formula is C17H15BrO3. The zero-order chi connectivity index (χ0) is 15.4. The fourth-order valence-corrected chi connectivity index (χ4v) is 2.50. The highest BCUT2D eigenvalue weighted by Gasteiger charge is 2.13. The molecule has 0 atom stereocenters. The van der Waals surface area contributed by atoms with Gasteiger partial charge in [0.15, 0.2) is 0 Å². The molecule has 0 saturated heterocycles. The lowest BCUT2D eigenvalue weighted by molar-refractivity contribution is -0.130. The predicted octanol–water partition coefficient (Wildman–Crippen LogP) is 4.39. The Morgan fingerprint density at radius 2 is 2.00 bits per heavy atom. The molecule has 1 N–H and O–H groups in total. The minimum atomic E-state index is -0.955. The average molecular weight is 347 g/mol. The number of carboxylic acid groups (broad SMARTS) is 1. The summed E-state index contributed by atoms with van der Waals surface area (Å²) < 4.78 is 6.06. The van der Waals surface area contributed by atoms with Gasteiger partial charge in [0.2, 0.25) is 0 Å². The van der Waals surface area contributed by atoms with Gasteiger partial charge in [-0.3, -0.25) is 0 Å². The Morgan fingerprint density at radius 3 is 2.57 bits per heavy atom. The quantitative estimate of drug-likeness (QED) is 0.659. The number of halogens is 1. The molecule has 0 aliphatic heterocycles. The van der Waals surface area contributed by atoms with Crippen molar-refractivity contribution in [1.82, 2.24) is 0 Å². The van der Waals surface area contributed by atoms with Crippen LogP contribution in [-0.4, -0.2) is 18.2 Å². The summed E-state index contributed by atoms with van der Waals surface area (Å²) in [5.41, 5.74) is 2.63. The second-order valence-electron chi connectivity index (χ2n) is 4.60. The first-order chi connectivity index (χ1) is 10.0. The average Bonchev–Trinajstić information content (AvgIpc) is 2.45. The van der Waals surface area contributed by atoms with Gasteiger partial charge in [-0.25, -0.2) is 4.79 Å². The monoisotopic (exact) mass is 346 g/mol. The van der Waals surface area contributed by atoms with E-state index in [9.17, 15) is 9.90 Å². The normalized spacial score (nSPS) is 11.3. The van der Waals surface area contributed by atoms with E-state index < -0.39 is 5.97 Å². The lowest BCUT2D eigenvalue weighted by Gasteiger charge is -2.09. The van der Waals surface area contributed by atoms with E-state index in [1.807, 2.05) is 37.3 Å². The van der Waals surface area contributed by atoms with Gasteiger partial charge in [0.05, 0.1) is 12.7 Å². The number of rotatable bonds is 4. The maximum Gasteiger partial charge on any atom is 0.336 e. The fraction of sp³-hybridized carbons (Fsp3) is 0.118. The van der Waals surface area contributed by atoms with Crippen molar-refractivity contribution in [3.05, 3.63) is 63.6 Å². The topological polar surface area (TPSA) is 46.5 Å². The molecular weight excluding hydrogens is 332 g/mol. The van der Waals surface area contributed by atoms with E-state index in [4.69, 9.17) is 4.74 Å². The Kier molecular flexibility index (Phi) is 4.81. The molecule has 108 valence electrons. The first-order valence-electron chi connectivity index (χ1n) is 6.37. The Balaban J connectivity index is 2.51. The molecule has 21 heavy (non-hydrogen) atoms. The molecule has 0 bridgehead atoms. The number of methoxy groups -OCH3 is 1. The van der Waals surface area contributed by atoms with Gasteiger partial charge in [0.1, 0.15) is 5.75 Å². The van der Waals surface area contributed by atoms with Gasteiger partial charge >= 0.3 is 5.97 Å². The lowest BCUT2D eigenvalue weighted by atomic mass is 9.98. The van der Waals surface area contributed by atoms with Gasteiger partial charge in [-0.05, 0) is 54.0 Å². The molecule has 0 aromatic heterocycles. The van der Waals surface area contributed by atoms with E-state index in [2.05, 4.69) is 15.9 Å². The zero-order valence-corrected chi connectivity index (χ0v) is 13.3. The fourth-order valence-electron chi connectivity index (χ4n) is 2.08. The molecule has 0 aliphatic rings. The molecule has 2 aromatic rings. The van der Waals surface area contributed by atoms with Crippen molar-refractivity contribution in [2.45, 2.75) is 6.92 Å². The van der Waals surface area contributed by atoms with Gasteiger partial charge < -0.3 is 9.84 Å². The van der Waals surface area contributed by atoms with E-state index in [0.29, 0.717) is 11.3 Å². The number of aliphatic carboxylic acids is 1. The van der Waals surface area contributed by atoms with Gasteiger partial charge in [-0.2, -0.15) is 0 Å². The molecule has 3 nitrogen and oxygen atoms in total. The third kappa shape index (κ3) is 3.73. The van der Waals surface area contributed by atoms with E-state index in [1.54, 1.807) is 25.3 Å². The van der Waals surface area contributed by atoms with Gasteiger partial charge in [0, 0.05) is 4.47 Å². The molecule has 0 unspecified atom stereocenters. The predicted molar refractivity (Wildman–Crippen MR) is 87.4 cm³/mol. The minimum Gasteiger partial charge on any atom is -0.497 e. The second-order valence-corrected chi connectivity index (χ2v) is 5.51. The van der Waals surface area contributed by atoms with Crippen LogP contribution in [0.4, 0.5) is 0 Å². The highest BCUT2D eigenvalue weighted by molar-refractivity contribution is 9.10. The maximum atomic E-state index is 11.6. The smallest absolute Gasteiger partial charge is 0.336 e. The van der Waals surface area contributed by atoms with Crippen LogP contribution < -0.4 is 4.74 Å². The Hall–Kier alpha value is -2.07. The summed E-state index contributed by atoms with van der Waals surface area (Å²) in [4.78, 5) is 11.6. The largest absolute Gasteiger partial charge is 0.497 e. The van der Waals surface area contributed by atoms with Crippen molar-refractivity contribution in [2.75, 3.05) is 7.11 Å². The zero-order valence-electron chi connectivity index (χ0n) is 11.8. The second kappa shape index (κ2) is 6.59. The third-order valence-electron chi connectivity index (χ3n) is 3.11. The Labute approximate surface area is 132 Å². The Bertz CT molecular complexity index is 705. The van der Waals surface area contributed by atoms with Crippen molar-refractivity contribution in [3.63, 3.8) is 0 Å². The van der Waals surface area contributed by atoms with E-state index in [1.165, 1.54) is 0 Å². The summed E-state index contributed by atoms with van der Waals surface area (Å²) in [5.74, 6) is -0.244. The van der Waals surface area contributed by atoms with Crippen LogP contribution in [-0.2, 0) is 4.79 Å². The van der Waals surface area contributed by atoms with Crippen LogP contribution in [0.2, 0.25) is 0 Å². The SMILES string of the molecule is COc1ccc(/C(=C/c2cccc(Br)c2)C(=O)O)c(C)c1. The summed E-state index contributed by atoms with van der Waals surface area (Å²) in [5, 5.41) is 9.50. The molecule has 0 fully saturated rings. The number of hydrogen-bond donors (Lipinski definition) is 1. The van der Waals surface area contributed by atoms with Crippen LogP contribution in [0.25, 0.3) is 11.6 Å². The van der Waals surface area contributed by atoms with Crippen molar-refractivity contribution in [2.24, 2.45) is 0 Å². The maximum absolute atomic E-state index is 11.6. The summed E-state index contributed by atoms with van der Waals surface area (Å²) in [6, 6.07) is 12.9. The summed E-state index contributed by atoms with van der Waals surface area (Å²) in [6.45, 7) is 1.87. The molecule has 0 amide bonds. The number of carboxylic acids is 1. The van der Waals surface area contributed by atoms with Crippen LogP contribution in [0.3, 0.4) is 0 Å². The van der Waals surface area contributed by atoms with Crippen molar-refractivity contribution < 1.29 is 14.6 Å². The first kappa shape index (κ1) is 15.3. The molecule has 0 spiro atoms. The van der Waals surface area contributed by atoms with Crippen LogP contribution in [0.5, 0.6) is 5.75 Å². The van der Waals surface area contributed by atoms with E-state index >= 15 is 0 Å². The van der Waals surface area contributed by atoms with Crippen molar-refractivity contribution in [3.8, 4) is 5.75 Å². The summed E-state index contributed by atoms with van der Waals surface area (Å²) in [7, 11) is 1.59. The molecule has 0 heterocycles. The van der Waals surface area contributed by atoms with Crippen LogP contribution in [0.15, 0.2) is 46.9 Å². The minimum absolute atomic E-state index is 0.258. The summed E-state index contributed by atoms with van der Waals surface area (Å²) in [6.07, 6.45) is 1.67. The standard InChI is InChI=1S/C17H15BrO3/c1-11-8-14(21-2)6-7-15(11)16(17(19)20)10-12-4-3-5-13(18)9-12/h3-10H,1-2H3,(H,19,20)/b16-10-. The van der Waals surface area contributed by atoms with E-state index in [0.717, 1.165) is 15.6 Å². The summed E-state index contributed by atoms with van der Waals surface area (Å²) >= 11 is 3.39. The first-order valence-corrected chi connectivity index (χ1v) is 7.16. The molecule has 2 aromatic carbocycles. The third-order valence-corrected chi connectivity index (χ3v) is 3.61. The van der Waals surface area contributed by atoms with Crippen LogP contribution in [0, 0.1) is 6.92 Å². The number of benzene rings is 2. The molecule has 4 heteroatoms. The number of aryl methyl sites for hydroxylation is 1. The van der Waals surface area contributed by atoms with Crippen LogP contribution >= 0.6 is 15.9 Å². The van der Waals surface area contributed by atoms with Crippen LogP contribution in [0.1, 0.15) is 16.7 Å². The van der Waals surface area contributed by atoms with E-state index in [-0.39, 0.29) is 5.57 Å². The van der Waals surface area contributed by atoms with Crippen molar-refractivity contribution in [1.29, 1.82) is 0 Å². The molecule has 0 aliphatic carbocycles. The number of ether oxygens (including phenoxy) is 1. The van der Waals surface area contributed by atoms with Crippen molar-refractivity contribution >= 4 is 33.5 Å². The highest BCUT2D eigenvalue weighted by Crippen LogP contribution is 2.26. The Morgan fingerprint density at radius 1 is 1.24 bits per heavy atom. The van der Waals surface area contributed by atoms with Gasteiger partial charge in [-0.15, -0.1) is 0 Å². The number of hydrogen-bond acceptors (Lipinski definition) is 2.